The first-order chi connectivity index (χ1) is 11.3. The molecule has 0 aliphatic rings. The van der Waals surface area contributed by atoms with Crippen molar-refractivity contribution >= 4 is 11.9 Å². The predicted octanol–water partition coefficient (Wildman–Crippen LogP) is 3.33. The minimum absolute atomic E-state index is 0.0430. The molecule has 0 aliphatic heterocycles. The maximum absolute atomic E-state index is 12.0. The van der Waals surface area contributed by atoms with Crippen molar-refractivity contribution in [2.45, 2.75) is 59.0 Å². The number of nitrogens with one attached hydrogen (secondary N) is 3. The maximum Gasteiger partial charge on any atom is 0.321 e. The van der Waals surface area contributed by atoms with E-state index in [-0.39, 0.29) is 11.9 Å². The zero-order valence-electron chi connectivity index (χ0n) is 15.6. The minimum Gasteiger partial charge on any atom is -0.341 e. The van der Waals surface area contributed by atoms with Gasteiger partial charge in [0.15, 0.2) is 0 Å². The van der Waals surface area contributed by atoms with Gasteiger partial charge in [-0.05, 0) is 36.3 Å². The molecule has 0 spiro atoms. The SMILES string of the molecule is CC[C@H](C)c1ccc([C@H](N[C@@H](C)C(=O)NC(=O)NC)C(C)C)cc1. The van der Waals surface area contributed by atoms with E-state index in [1.165, 1.54) is 12.6 Å². The Morgan fingerprint density at radius 2 is 1.54 bits per heavy atom. The van der Waals surface area contributed by atoms with E-state index in [4.69, 9.17) is 0 Å². The number of imide groups is 1. The summed E-state index contributed by atoms with van der Waals surface area (Å²) in [6.07, 6.45) is 1.11. The van der Waals surface area contributed by atoms with Crippen molar-refractivity contribution in [2.24, 2.45) is 5.92 Å². The first-order valence-corrected chi connectivity index (χ1v) is 8.68. The molecule has 0 fully saturated rings. The predicted molar refractivity (Wildman–Crippen MR) is 97.9 cm³/mol. The molecule has 0 saturated heterocycles. The van der Waals surface area contributed by atoms with Gasteiger partial charge in [-0.2, -0.15) is 0 Å². The second kappa shape index (κ2) is 9.42. The van der Waals surface area contributed by atoms with Gasteiger partial charge >= 0.3 is 6.03 Å². The zero-order valence-corrected chi connectivity index (χ0v) is 15.6. The number of carbonyl (C=O) groups excluding carboxylic acids is 2. The number of hydrogen-bond acceptors (Lipinski definition) is 3. The van der Waals surface area contributed by atoms with Crippen molar-refractivity contribution in [3.63, 3.8) is 0 Å². The van der Waals surface area contributed by atoms with Crippen molar-refractivity contribution in [1.82, 2.24) is 16.0 Å². The molecule has 1 rings (SSSR count). The van der Waals surface area contributed by atoms with Crippen molar-refractivity contribution in [2.75, 3.05) is 7.05 Å². The molecule has 24 heavy (non-hydrogen) atoms. The number of urea groups is 1. The van der Waals surface area contributed by atoms with Crippen molar-refractivity contribution < 1.29 is 9.59 Å². The first-order valence-electron chi connectivity index (χ1n) is 8.68. The van der Waals surface area contributed by atoms with Gasteiger partial charge in [-0.15, -0.1) is 0 Å². The van der Waals surface area contributed by atoms with E-state index in [0.29, 0.717) is 11.8 Å². The Morgan fingerprint density at radius 1 is 1.00 bits per heavy atom. The lowest BCUT2D eigenvalue weighted by Gasteiger charge is -2.26. The lowest BCUT2D eigenvalue weighted by atomic mass is 9.91. The highest BCUT2D eigenvalue weighted by Gasteiger charge is 2.22. The topological polar surface area (TPSA) is 70.2 Å². The standard InChI is InChI=1S/C19H31N3O2/c1-7-13(4)15-8-10-16(11-9-15)17(12(2)3)21-14(5)18(23)22-19(24)20-6/h8-14,17,21H,7H2,1-6H3,(H2,20,22,23,24)/t13-,14-,17+/m0/s1. The second-order valence-corrected chi connectivity index (χ2v) is 6.65. The number of rotatable bonds is 7. The van der Waals surface area contributed by atoms with Gasteiger partial charge in [0.2, 0.25) is 5.91 Å². The molecule has 5 nitrogen and oxygen atoms in total. The fraction of sp³-hybridized carbons (Fsp3) is 0.579. The van der Waals surface area contributed by atoms with Gasteiger partial charge in [0.1, 0.15) is 0 Å². The highest BCUT2D eigenvalue weighted by Crippen LogP contribution is 2.25. The Kier molecular flexibility index (Phi) is 7.92. The van der Waals surface area contributed by atoms with Crippen LogP contribution in [0.3, 0.4) is 0 Å². The van der Waals surface area contributed by atoms with Crippen LogP contribution in [0, 0.1) is 5.92 Å². The molecule has 1 aromatic carbocycles. The van der Waals surface area contributed by atoms with Gasteiger partial charge in [0, 0.05) is 13.1 Å². The molecule has 0 heterocycles. The van der Waals surface area contributed by atoms with E-state index in [1.54, 1.807) is 6.92 Å². The van der Waals surface area contributed by atoms with Crippen LogP contribution in [0.4, 0.5) is 4.79 Å². The third-order valence-electron chi connectivity index (χ3n) is 4.43. The summed E-state index contributed by atoms with van der Waals surface area (Å²) in [6.45, 7) is 10.4. The second-order valence-electron chi connectivity index (χ2n) is 6.65. The summed E-state index contributed by atoms with van der Waals surface area (Å²) in [4.78, 5) is 23.3. The molecular weight excluding hydrogens is 302 g/mol. The fourth-order valence-electron chi connectivity index (χ4n) is 2.57. The Morgan fingerprint density at radius 3 is 2.00 bits per heavy atom. The molecule has 1 aromatic rings. The summed E-state index contributed by atoms with van der Waals surface area (Å²) in [5, 5.41) is 8.02. The summed E-state index contributed by atoms with van der Waals surface area (Å²) in [6, 6.07) is 7.66. The van der Waals surface area contributed by atoms with Crippen LogP contribution in [0.2, 0.25) is 0 Å². The van der Waals surface area contributed by atoms with E-state index < -0.39 is 12.1 Å². The molecule has 0 aromatic heterocycles. The maximum atomic E-state index is 12.0. The Labute approximate surface area is 145 Å². The van der Waals surface area contributed by atoms with E-state index in [0.717, 1.165) is 12.0 Å². The van der Waals surface area contributed by atoms with Gasteiger partial charge in [0.05, 0.1) is 6.04 Å². The van der Waals surface area contributed by atoms with Crippen LogP contribution < -0.4 is 16.0 Å². The van der Waals surface area contributed by atoms with E-state index >= 15 is 0 Å². The van der Waals surface area contributed by atoms with E-state index in [1.807, 2.05) is 0 Å². The van der Waals surface area contributed by atoms with Gasteiger partial charge in [0.25, 0.3) is 0 Å². The van der Waals surface area contributed by atoms with E-state index in [2.05, 4.69) is 67.9 Å². The average Bonchev–Trinajstić information content (AvgIpc) is 2.58. The van der Waals surface area contributed by atoms with Crippen molar-refractivity contribution in [3.05, 3.63) is 35.4 Å². The lowest BCUT2D eigenvalue weighted by Crippen LogP contribution is -2.48. The number of hydrogen-bond donors (Lipinski definition) is 3. The molecule has 0 unspecified atom stereocenters. The summed E-state index contributed by atoms with van der Waals surface area (Å²) in [5.41, 5.74) is 2.48. The molecule has 0 radical (unpaired) electrons. The molecule has 0 saturated carbocycles. The quantitative estimate of drug-likeness (QED) is 0.717. The van der Waals surface area contributed by atoms with E-state index in [9.17, 15) is 9.59 Å². The van der Waals surface area contributed by atoms with Crippen LogP contribution >= 0.6 is 0 Å². The van der Waals surface area contributed by atoms with Crippen LogP contribution in [0.1, 0.15) is 64.1 Å². The number of benzene rings is 1. The monoisotopic (exact) mass is 333 g/mol. The fourth-order valence-corrected chi connectivity index (χ4v) is 2.57. The normalized spacial score (nSPS) is 14.8. The van der Waals surface area contributed by atoms with Crippen LogP contribution in [0.15, 0.2) is 24.3 Å². The molecule has 3 N–H and O–H groups in total. The Bertz CT molecular complexity index is 540. The van der Waals surface area contributed by atoms with Crippen molar-refractivity contribution in [3.8, 4) is 0 Å². The lowest BCUT2D eigenvalue weighted by molar-refractivity contribution is -0.121. The first kappa shape index (κ1) is 20.2. The summed E-state index contributed by atoms with van der Waals surface area (Å²) < 4.78 is 0. The molecule has 0 bridgehead atoms. The average molecular weight is 333 g/mol. The molecule has 3 amide bonds. The summed E-state index contributed by atoms with van der Waals surface area (Å²) in [7, 11) is 1.48. The summed E-state index contributed by atoms with van der Waals surface area (Å²) >= 11 is 0. The smallest absolute Gasteiger partial charge is 0.321 e. The molecule has 5 heteroatoms. The van der Waals surface area contributed by atoms with Gasteiger partial charge < -0.3 is 5.32 Å². The molecule has 134 valence electrons. The van der Waals surface area contributed by atoms with Gasteiger partial charge in [-0.25, -0.2) is 4.79 Å². The highest BCUT2D eigenvalue weighted by molar-refractivity contribution is 5.96. The third-order valence-corrected chi connectivity index (χ3v) is 4.43. The minimum atomic E-state index is -0.493. The largest absolute Gasteiger partial charge is 0.341 e. The Hall–Kier alpha value is -1.88. The number of amides is 3. The van der Waals surface area contributed by atoms with Gasteiger partial charge in [-0.3, -0.25) is 15.4 Å². The third kappa shape index (κ3) is 5.64. The molecular formula is C19H31N3O2. The Balaban J connectivity index is 2.83. The van der Waals surface area contributed by atoms with Crippen LogP contribution in [0.25, 0.3) is 0 Å². The van der Waals surface area contributed by atoms with Crippen LogP contribution in [-0.2, 0) is 4.79 Å². The van der Waals surface area contributed by atoms with Gasteiger partial charge in [-0.1, -0.05) is 52.0 Å². The zero-order chi connectivity index (χ0) is 18.3. The molecule has 0 aliphatic carbocycles. The highest BCUT2D eigenvalue weighted by atomic mass is 16.2. The van der Waals surface area contributed by atoms with Crippen LogP contribution in [0.5, 0.6) is 0 Å². The van der Waals surface area contributed by atoms with Crippen LogP contribution in [-0.4, -0.2) is 25.0 Å². The van der Waals surface area contributed by atoms with Crippen molar-refractivity contribution in [1.29, 1.82) is 0 Å². The molecule has 3 atom stereocenters. The summed E-state index contributed by atoms with van der Waals surface area (Å²) in [5.74, 6) is 0.521. The number of carbonyl (C=O) groups is 2.